The van der Waals surface area contributed by atoms with E-state index in [1.54, 1.807) is 14.2 Å². The molecule has 6 heteroatoms. The number of phenolic OH excluding ortho intramolecular Hbond substituents is 2. The Kier molecular flexibility index (Phi) is 4.08. The lowest BCUT2D eigenvalue weighted by Crippen LogP contribution is -1.90. The molecule has 23 heavy (non-hydrogen) atoms. The van der Waals surface area contributed by atoms with Crippen molar-refractivity contribution < 1.29 is 19.7 Å². The van der Waals surface area contributed by atoms with Gasteiger partial charge in [0.2, 0.25) is 0 Å². The Hall–Kier alpha value is -2.73. The zero-order chi connectivity index (χ0) is 16.4. The van der Waals surface area contributed by atoms with Crippen molar-refractivity contribution in [1.29, 1.82) is 0 Å². The van der Waals surface area contributed by atoms with Crippen LogP contribution in [0.15, 0.2) is 41.8 Å². The van der Waals surface area contributed by atoms with Crippen LogP contribution >= 0.6 is 11.3 Å². The summed E-state index contributed by atoms with van der Waals surface area (Å²) in [6.07, 6.45) is 0. The van der Waals surface area contributed by atoms with Gasteiger partial charge in [-0.25, -0.2) is 4.98 Å². The first-order valence-electron chi connectivity index (χ1n) is 6.82. The van der Waals surface area contributed by atoms with Crippen molar-refractivity contribution in [3.63, 3.8) is 0 Å². The third-order valence-corrected chi connectivity index (χ3v) is 4.28. The van der Waals surface area contributed by atoms with Crippen LogP contribution in [0.3, 0.4) is 0 Å². The molecule has 5 nitrogen and oxygen atoms in total. The fourth-order valence-corrected chi connectivity index (χ4v) is 3.05. The number of nitrogens with zero attached hydrogens (tertiary/aromatic N) is 1. The van der Waals surface area contributed by atoms with Crippen LogP contribution in [0.5, 0.6) is 23.0 Å². The average molecular weight is 329 g/mol. The highest BCUT2D eigenvalue weighted by Gasteiger charge is 2.13. The van der Waals surface area contributed by atoms with Gasteiger partial charge in [-0.3, -0.25) is 0 Å². The Morgan fingerprint density at radius 1 is 0.957 bits per heavy atom. The van der Waals surface area contributed by atoms with Crippen LogP contribution in [0.4, 0.5) is 0 Å². The molecule has 0 aliphatic rings. The van der Waals surface area contributed by atoms with E-state index in [-0.39, 0.29) is 11.5 Å². The van der Waals surface area contributed by atoms with E-state index in [0.717, 1.165) is 10.6 Å². The van der Waals surface area contributed by atoms with Crippen molar-refractivity contribution >= 4 is 11.3 Å². The lowest BCUT2D eigenvalue weighted by atomic mass is 10.1. The molecule has 0 spiro atoms. The molecule has 0 bridgehead atoms. The van der Waals surface area contributed by atoms with Crippen LogP contribution in [0.2, 0.25) is 0 Å². The standard InChI is InChI=1S/C17H15NO4S/c1-21-15-6-3-10(7-16(15)22-2)17-18-13(9-23-17)12-8-11(19)4-5-14(12)20/h3-9,19-20H,1-2H3. The van der Waals surface area contributed by atoms with Crippen molar-refractivity contribution in [2.24, 2.45) is 0 Å². The van der Waals surface area contributed by atoms with Gasteiger partial charge in [0.25, 0.3) is 0 Å². The number of aromatic nitrogens is 1. The monoisotopic (exact) mass is 329 g/mol. The van der Waals surface area contributed by atoms with Gasteiger partial charge in [0.1, 0.15) is 16.5 Å². The second-order valence-electron chi connectivity index (χ2n) is 4.81. The molecule has 0 unspecified atom stereocenters. The van der Waals surface area contributed by atoms with Crippen molar-refractivity contribution in [3.8, 4) is 44.8 Å². The van der Waals surface area contributed by atoms with Gasteiger partial charge in [-0.2, -0.15) is 0 Å². The maximum absolute atomic E-state index is 9.94. The first kappa shape index (κ1) is 15.2. The molecule has 1 heterocycles. The van der Waals surface area contributed by atoms with Crippen LogP contribution in [-0.2, 0) is 0 Å². The molecule has 0 aliphatic heterocycles. The molecule has 0 radical (unpaired) electrons. The summed E-state index contributed by atoms with van der Waals surface area (Å²) in [5.41, 5.74) is 1.99. The number of rotatable bonds is 4. The molecule has 1 aromatic heterocycles. The van der Waals surface area contributed by atoms with Crippen LogP contribution in [-0.4, -0.2) is 29.4 Å². The number of hydrogen-bond donors (Lipinski definition) is 2. The van der Waals surface area contributed by atoms with E-state index in [4.69, 9.17) is 9.47 Å². The van der Waals surface area contributed by atoms with Crippen LogP contribution < -0.4 is 9.47 Å². The van der Waals surface area contributed by atoms with E-state index in [0.29, 0.717) is 22.8 Å². The van der Waals surface area contributed by atoms with Gasteiger partial charge in [0.15, 0.2) is 11.5 Å². The number of phenols is 2. The zero-order valence-electron chi connectivity index (χ0n) is 12.6. The summed E-state index contributed by atoms with van der Waals surface area (Å²) in [6.45, 7) is 0. The van der Waals surface area contributed by atoms with Crippen LogP contribution in [0, 0.1) is 0 Å². The quantitative estimate of drug-likeness (QED) is 0.710. The van der Waals surface area contributed by atoms with Gasteiger partial charge in [-0.05, 0) is 36.4 Å². The first-order valence-corrected chi connectivity index (χ1v) is 7.70. The molecule has 0 saturated heterocycles. The highest BCUT2D eigenvalue weighted by molar-refractivity contribution is 7.13. The Labute approximate surface area is 137 Å². The first-order chi connectivity index (χ1) is 11.1. The maximum atomic E-state index is 9.94. The van der Waals surface area contributed by atoms with E-state index in [1.807, 2.05) is 23.6 Å². The summed E-state index contributed by atoms with van der Waals surface area (Å²) < 4.78 is 10.5. The number of hydrogen-bond acceptors (Lipinski definition) is 6. The van der Waals surface area contributed by atoms with Gasteiger partial charge in [0.05, 0.1) is 19.9 Å². The number of ether oxygens (including phenoxy) is 2. The highest BCUT2D eigenvalue weighted by Crippen LogP contribution is 2.37. The predicted octanol–water partition coefficient (Wildman–Crippen LogP) is 3.91. The third-order valence-electron chi connectivity index (χ3n) is 3.39. The van der Waals surface area contributed by atoms with Crippen LogP contribution in [0.1, 0.15) is 0 Å². The van der Waals surface area contributed by atoms with E-state index in [1.165, 1.54) is 29.5 Å². The summed E-state index contributed by atoms with van der Waals surface area (Å²) in [4.78, 5) is 4.53. The van der Waals surface area contributed by atoms with Crippen molar-refractivity contribution in [3.05, 3.63) is 41.8 Å². The molecule has 0 atom stereocenters. The maximum Gasteiger partial charge on any atom is 0.161 e. The molecular formula is C17H15NO4S. The molecule has 2 aromatic carbocycles. The number of aromatic hydroxyl groups is 2. The van der Waals surface area contributed by atoms with Gasteiger partial charge in [-0.1, -0.05) is 0 Å². The number of thiazole rings is 1. The van der Waals surface area contributed by atoms with E-state index < -0.39 is 0 Å². The SMILES string of the molecule is COc1ccc(-c2nc(-c3cc(O)ccc3O)cs2)cc1OC. The summed E-state index contributed by atoms with van der Waals surface area (Å²) in [6, 6.07) is 9.93. The second-order valence-corrected chi connectivity index (χ2v) is 5.67. The lowest BCUT2D eigenvalue weighted by molar-refractivity contribution is 0.355. The lowest BCUT2D eigenvalue weighted by Gasteiger charge is -2.08. The molecule has 118 valence electrons. The molecular weight excluding hydrogens is 314 g/mol. The van der Waals surface area contributed by atoms with E-state index in [2.05, 4.69) is 4.98 Å². The zero-order valence-corrected chi connectivity index (χ0v) is 13.4. The summed E-state index contributed by atoms with van der Waals surface area (Å²) in [5, 5.41) is 22.1. The molecule has 0 saturated carbocycles. The van der Waals surface area contributed by atoms with Gasteiger partial charge >= 0.3 is 0 Å². The fourth-order valence-electron chi connectivity index (χ4n) is 2.23. The summed E-state index contributed by atoms with van der Waals surface area (Å²) in [5.74, 6) is 1.44. The predicted molar refractivity (Wildman–Crippen MR) is 89.4 cm³/mol. The Morgan fingerprint density at radius 3 is 2.48 bits per heavy atom. The minimum Gasteiger partial charge on any atom is -0.508 e. The van der Waals surface area contributed by atoms with Crippen molar-refractivity contribution in [2.45, 2.75) is 0 Å². The van der Waals surface area contributed by atoms with Gasteiger partial charge < -0.3 is 19.7 Å². The minimum absolute atomic E-state index is 0.0759. The van der Waals surface area contributed by atoms with Crippen molar-refractivity contribution in [2.75, 3.05) is 14.2 Å². The smallest absolute Gasteiger partial charge is 0.161 e. The van der Waals surface area contributed by atoms with E-state index in [9.17, 15) is 10.2 Å². The third kappa shape index (κ3) is 2.93. The summed E-state index contributed by atoms with van der Waals surface area (Å²) in [7, 11) is 3.17. The average Bonchev–Trinajstić information content (AvgIpc) is 3.06. The largest absolute Gasteiger partial charge is 0.508 e. The van der Waals surface area contributed by atoms with Gasteiger partial charge in [0, 0.05) is 16.5 Å². The number of benzene rings is 2. The Balaban J connectivity index is 2.00. The normalized spacial score (nSPS) is 10.5. The van der Waals surface area contributed by atoms with Gasteiger partial charge in [-0.15, -0.1) is 11.3 Å². The molecule has 0 aliphatic carbocycles. The summed E-state index contributed by atoms with van der Waals surface area (Å²) >= 11 is 1.44. The van der Waals surface area contributed by atoms with E-state index >= 15 is 0 Å². The molecule has 0 fully saturated rings. The van der Waals surface area contributed by atoms with Crippen LogP contribution in [0.25, 0.3) is 21.8 Å². The molecule has 3 rings (SSSR count). The molecule has 2 N–H and O–H groups in total. The van der Waals surface area contributed by atoms with Crippen molar-refractivity contribution in [1.82, 2.24) is 4.98 Å². The Morgan fingerprint density at radius 2 is 1.74 bits per heavy atom. The topological polar surface area (TPSA) is 71.8 Å². The molecule has 3 aromatic rings. The highest BCUT2D eigenvalue weighted by atomic mass is 32.1. The minimum atomic E-state index is 0.0759. The molecule has 0 amide bonds. The number of methoxy groups -OCH3 is 2. The fraction of sp³-hybridized carbons (Fsp3) is 0.118. The Bertz CT molecular complexity index is 844. The second kappa shape index (κ2) is 6.18.